The van der Waals surface area contributed by atoms with Crippen LogP contribution in [-0.2, 0) is 0 Å². The van der Waals surface area contributed by atoms with Gasteiger partial charge in [0.1, 0.15) is 0 Å². The average Bonchev–Trinajstić information content (AvgIpc) is 2.83. The van der Waals surface area contributed by atoms with Gasteiger partial charge < -0.3 is 4.90 Å². The van der Waals surface area contributed by atoms with Crippen LogP contribution in [0.1, 0.15) is 15.9 Å². The lowest BCUT2D eigenvalue weighted by Crippen LogP contribution is -2.41. The van der Waals surface area contributed by atoms with Crippen molar-refractivity contribution in [2.45, 2.75) is 6.92 Å². The van der Waals surface area contributed by atoms with Gasteiger partial charge in [0.05, 0.1) is 5.88 Å². The van der Waals surface area contributed by atoms with Gasteiger partial charge in [0.15, 0.2) is 5.11 Å². The quantitative estimate of drug-likeness (QED) is 0.788. The van der Waals surface area contributed by atoms with E-state index >= 15 is 0 Å². The fraction of sp³-hybridized carbons (Fsp3) is 0.333. The van der Waals surface area contributed by atoms with Crippen molar-refractivity contribution in [3.8, 4) is 0 Å². The van der Waals surface area contributed by atoms with E-state index in [0.717, 1.165) is 23.7 Å². The van der Waals surface area contributed by atoms with E-state index in [1.54, 1.807) is 0 Å². The van der Waals surface area contributed by atoms with Gasteiger partial charge in [-0.05, 0) is 31.3 Å². The molecule has 0 saturated carbocycles. The van der Waals surface area contributed by atoms with Crippen molar-refractivity contribution < 1.29 is 4.79 Å². The summed E-state index contributed by atoms with van der Waals surface area (Å²) in [4.78, 5) is 13.9. The Hall–Kier alpha value is -1.07. The molecule has 0 aromatic heterocycles. The number of rotatable bonds is 1. The van der Waals surface area contributed by atoms with Crippen LogP contribution in [0.4, 0.5) is 0 Å². The molecule has 1 aromatic rings. The van der Waals surface area contributed by atoms with E-state index in [0.29, 0.717) is 10.7 Å². The molecule has 0 atom stereocenters. The highest BCUT2D eigenvalue weighted by Gasteiger charge is 2.17. The van der Waals surface area contributed by atoms with Gasteiger partial charge >= 0.3 is 0 Å². The normalized spacial score (nSPS) is 14.8. The molecule has 0 spiro atoms. The third kappa shape index (κ3) is 3.20. The van der Waals surface area contributed by atoms with E-state index in [1.807, 2.05) is 47.9 Å². The molecule has 5 heteroatoms. The Kier molecular flexibility index (Phi) is 4.02. The van der Waals surface area contributed by atoms with Crippen molar-refractivity contribution in [1.82, 2.24) is 10.2 Å². The zero-order chi connectivity index (χ0) is 12.3. The van der Waals surface area contributed by atoms with Crippen molar-refractivity contribution in [3.63, 3.8) is 0 Å². The first kappa shape index (κ1) is 12.4. The predicted octanol–water partition coefficient (Wildman–Crippen LogP) is 2.02. The van der Waals surface area contributed by atoms with Crippen LogP contribution in [0, 0.1) is 6.92 Å². The molecule has 1 aliphatic rings. The summed E-state index contributed by atoms with van der Waals surface area (Å²) in [6.07, 6.45) is 0. The summed E-state index contributed by atoms with van der Waals surface area (Å²) in [7, 11) is 0. The third-order valence-corrected chi connectivity index (χ3v) is 3.90. The molecular formula is C12H14N2OS2. The van der Waals surface area contributed by atoms with Gasteiger partial charge in [-0.25, -0.2) is 0 Å². The second kappa shape index (κ2) is 5.51. The summed E-state index contributed by atoms with van der Waals surface area (Å²) in [6, 6.07) is 7.46. The second-order valence-corrected chi connectivity index (χ2v) is 5.39. The smallest absolute Gasteiger partial charge is 0.257 e. The summed E-state index contributed by atoms with van der Waals surface area (Å²) in [5.41, 5.74) is 1.78. The minimum Gasteiger partial charge on any atom is -0.339 e. The van der Waals surface area contributed by atoms with Gasteiger partial charge in [0.25, 0.3) is 5.91 Å². The number of hydrogen-bond acceptors (Lipinski definition) is 3. The highest BCUT2D eigenvalue weighted by molar-refractivity contribution is 7.99. The molecule has 0 unspecified atom stereocenters. The highest BCUT2D eigenvalue weighted by Crippen LogP contribution is 2.13. The first-order chi connectivity index (χ1) is 8.16. The molecule has 3 nitrogen and oxygen atoms in total. The van der Waals surface area contributed by atoms with Crippen LogP contribution in [-0.4, -0.2) is 34.1 Å². The maximum Gasteiger partial charge on any atom is 0.257 e. The molecule has 0 bridgehead atoms. The lowest BCUT2D eigenvalue weighted by Gasteiger charge is -2.17. The summed E-state index contributed by atoms with van der Waals surface area (Å²) in [5.74, 6) is 1.81. The van der Waals surface area contributed by atoms with Gasteiger partial charge in [-0.3, -0.25) is 10.1 Å². The second-order valence-electron chi connectivity index (χ2n) is 3.93. The number of thiocarbonyl (C=S) groups is 1. The monoisotopic (exact) mass is 266 g/mol. The number of carbonyl (C=O) groups excluding carboxylic acids is 1. The molecular weight excluding hydrogens is 252 g/mol. The maximum atomic E-state index is 11.9. The number of carbonyl (C=O) groups is 1. The van der Waals surface area contributed by atoms with Crippen molar-refractivity contribution in [1.29, 1.82) is 0 Å². The van der Waals surface area contributed by atoms with E-state index in [4.69, 9.17) is 12.2 Å². The molecule has 1 heterocycles. The number of thioether (sulfide) groups is 1. The number of benzene rings is 1. The Balaban J connectivity index is 1.96. The third-order valence-electron chi connectivity index (χ3n) is 2.57. The van der Waals surface area contributed by atoms with Crippen molar-refractivity contribution in [2.24, 2.45) is 0 Å². The highest BCUT2D eigenvalue weighted by atomic mass is 32.2. The van der Waals surface area contributed by atoms with Gasteiger partial charge in [0.2, 0.25) is 0 Å². The molecule has 1 saturated heterocycles. The lowest BCUT2D eigenvalue weighted by atomic mass is 10.1. The Morgan fingerprint density at radius 1 is 1.41 bits per heavy atom. The SMILES string of the molecule is Cc1ccc(C(=O)NC(=S)N2CCSC2)cc1. The van der Waals surface area contributed by atoms with Gasteiger partial charge in [-0.2, -0.15) is 0 Å². The fourth-order valence-electron chi connectivity index (χ4n) is 1.53. The Morgan fingerprint density at radius 3 is 2.71 bits per heavy atom. The molecule has 0 aliphatic carbocycles. The van der Waals surface area contributed by atoms with E-state index in [1.165, 1.54) is 0 Å². The maximum absolute atomic E-state index is 11.9. The standard InChI is InChI=1S/C12H14N2OS2/c1-9-2-4-10(5-3-9)11(15)13-12(16)14-6-7-17-8-14/h2-5H,6-8H2,1H3,(H,13,15,16). The Morgan fingerprint density at radius 2 is 2.12 bits per heavy atom. The van der Waals surface area contributed by atoms with Crippen molar-refractivity contribution in [2.75, 3.05) is 18.2 Å². The summed E-state index contributed by atoms with van der Waals surface area (Å²) in [6.45, 7) is 2.91. The molecule has 1 N–H and O–H groups in total. The van der Waals surface area contributed by atoms with Crippen LogP contribution >= 0.6 is 24.0 Å². The van der Waals surface area contributed by atoms with E-state index < -0.39 is 0 Å². The Bertz CT molecular complexity index is 425. The molecule has 2 rings (SSSR count). The first-order valence-electron chi connectivity index (χ1n) is 5.41. The number of nitrogens with one attached hydrogen (secondary N) is 1. The van der Waals surface area contributed by atoms with Crippen LogP contribution in [0.25, 0.3) is 0 Å². The molecule has 1 aliphatic heterocycles. The number of amides is 1. The molecule has 17 heavy (non-hydrogen) atoms. The first-order valence-corrected chi connectivity index (χ1v) is 6.98. The average molecular weight is 266 g/mol. The molecule has 1 aromatic carbocycles. The number of nitrogens with zero attached hydrogens (tertiary/aromatic N) is 1. The van der Waals surface area contributed by atoms with Crippen LogP contribution < -0.4 is 5.32 Å². The molecule has 1 amide bonds. The van der Waals surface area contributed by atoms with Crippen molar-refractivity contribution in [3.05, 3.63) is 35.4 Å². The fourth-order valence-corrected chi connectivity index (χ4v) is 2.81. The van der Waals surface area contributed by atoms with Crippen molar-refractivity contribution >= 4 is 35.0 Å². The summed E-state index contributed by atoms with van der Waals surface area (Å²) in [5, 5.41) is 3.29. The predicted molar refractivity (Wildman–Crippen MR) is 75.3 cm³/mol. The van der Waals surface area contributed by atoms with E-state index in [-0.39, 0.29) is 5.91 Å². The Labute approximate surface area is 111 Å². The van der Waals surface area contributed by atoms with Gasteiger partial charge in [-0.1, -0.05) is 17.7 Å². The van der Waals surface area contributed by atoms with Gasteiger partial charge in [-0.15, -0.1) is 11.8 Å². The molecule has 1 fully saturated rings. The van der Waals surface area contributed by atoms with Crippen LogP contribution in [0.3, 0.4) is 0 Å². The van der Waals surface area contributed by atoms with Crippen LogP contribution in [0.15, 0.2) is 24.3 Å². The lowest BCUT2D eigenvalue weighted by molar-refractivity contribution is 0.0974. The summed E-state index contributed by atoms with van der Waals surface area (Å²) >= 11 is 7.02. The zero-order valence-electron chi connectivity index (χ0n) is 9.60. The summed E-state index contributed by atoms with van der Waals surface area (Å²) < 4.78 is 0. The van der Waals surface area contributed by atoms with E-state index in [2.05, 4.69) is 5.32 Å². The van der Waals surface area contributed by atoms with Gasteiger partial charge in [0, 0.05) is 17.9 Å². The minimum atomic E-state index is -0.132. The zero-order valence-corrected chi connectivity index (χ0v) is 11.2. The topological polar surface area (TPSA) is 32.3 Å². The van der Waals surface area contributed by atoms with Crippen LogP contribution in [0.5, 0.6) is 0 Å². The molecule has 0 radical (unpaired) electrons. The van der Waals surface area contributed by atoms with E-state index in [9.17, 15) is 4.79 Å². The minimum absolute atomic E-state index is 0.132. The van der Waals surface area contributed by atoms with Crippen LogP contribution in [0.2, 0.25) is 0 Å². The molecule has 90 valence electrons. The number of aryl methyl sites for hydroxylation is 1. The number of hydrogen-bond donors (Lipinski definition) is 1. The largest absolute Gasteiger partial charge is 0.339 e.